The van der Waals surface area contributed by atoms with Crippen LogP contribution in [0.2, 0.25) is 0 Å². The van der Waals surface area contributed by atoms with Gasteiger partial charge >= 0.3 is 0 Å². The maximum absolute atomic E-state index is 5.63. The normalized spacial score (nSPS) is 29.4. The molecule has 1 saturated heterocycles. The Bertz CT molecular complexity index is 152. The molecular weight excluding hydrogens is 178 g/mol. The Morgan fingerprint density at radius 1 is 1.57 bits per heavy atom. The summed E-state index contributed by atoms with van der Waals surface area (Å²) in [6.07, 6.45) is 3.11. The van der Waals surface area contributed by atoms with Crippen LogP contribution in [0.15, 0.2) is 0 Å². The van der Waals surface area contributed by atoms with Gasteiger partial charge in [0.25, 0.3) is 0 Å². The van der Waals surface area contributed by atoms with Crippen LogP contribution in [-0.4, -0.2) is 39.0 Å². The maximum Gasteiger partial charge on any atom is 0.0667 e. The van der Waals surface area contributed by atoms with E-state index in [9.17, 15) is 0 Å². The van der Waals surface area contributed by atoms with Gasteiger partial charge in [0.05, 0.1) is 12.2 Å². The van der Waals surface area contributed by atoms with Crippen molar-refractivity contribution in [2.24, 2.45) is 5.92 Å². The first-order valence-electron chi connectivity index (χ1n) is 5.63. The van der Waals surface area contributed by atoms with E-state index in [0.29, 0.717) is 18.1 Å². The molecule has 0 aromatic rings. The van der Waals surface area contributed by atoms with Crippen molar-refractivity contribution in [1.82, 2.24) is 5.32 Å². The minimum Gasteiger partial charge on any atom is -0.380 e. The zero-order chi connectivity index (χ0) is 10.4. The van der Waals surface area contributed by atoms with Gasteiger partial charge in [-0.25, -0.2) is 0 Å². The van der Waals surface area contributed by atoms with Crippen LogP contribution < -0.4 is 5.32 Å². The molecule has 1 aliphatic heterocycles. The molecule has 0 radical (unpaired) electrons. The second kappa shape index (κ2) is 6.38. The SMILES string of the molecule is CCC1OCCC1CNCC(C)OC. The molecule has 3 atom stereocenters. The van der Waals surface area contributed by atoms with E-state index in [0.717, 1.165) is 26.1 Å². The topological polar surface area (TPSA) is 30.5 Å². The first kappa shape index (κ1) is 12.0. The standard InChI is InChI=1S/C11H23NO2/c1-4-11-10(5-6-14-11)8-12-7-9(2)13-3/h9-12H,4-8H2,1-3H3. The van der Waals surface area contributed by atoms with Crippen molar-refractivity contribution in [2.45, 2.75) is 38.9 Å². The van der Waals surface area contributed by atoms with Gasteiger partial charge in [-0.15, -0.1) is 0 Å². The van der Waals surface area contributed by atoms with E-state index in [-0.39, 0.29) is 0 Å². The molecule has 0 aliphatic carbocycles. The first-order valence-corrected chi connectivity index (χ1v) is 5.63. The highest BCUT2D eigenvalue weighted by molar-refractivity contribution is 4.77. The van der Waals surface area contributed by atoms with Gasteiger partial charge in [-0.2, -0.15) is 0 Å². The molecule has 1 fully saturated rings. The fourth-order valence-corrected chi connectivity index (χ4v) is 1.93. The molecule has 84 valence electrons. The smallest absolute Gasteiger partial charge is 0.0667 e. The fraction of sp³-hybridized carbons (Fsp3) is 1.00. The molecule has 1 heterocycles. The third-order valence-electron chi connectivity index (χ3n) is 2.99. The number of hydrogen-bond donors (Lipinski definition) is 1. The Morgan fingerprint density at radius 3 is 3.00 bits per heavy atom. The largest absolute Gasteiger partial charge is 0.380 e. The quantitative estimate of drug-likeness (QED) is 0.705. The van der Waals surface area contributed by atoms with Gasteiger partial charge < -0.3 is 14.8 Å². The summed E-state index contributed by atoms with van der Waals surface area (Å²) in [5, 5.41) is 3.44. The van der Waals surface area contributed by atoms with Crippen molar-refractivity contribution < 1.29 is 9.47 Å². The van der Waals surface area contributed by atoms with Crippen LogP contribution >= 0.6 is 0 Å². The third-order valence-corrected chi connectivity index (χ3v) is 2.99. The predicted molar refractivity (Wildman–Crippen MR) is 57.5 cm³/mol. The minimum atomic E-state index is 0.303. The monoisotopic (exact) mass is 201 g/mol. The first-order chi connectivity index (χ1) is 6.77. The average Bonchev–Trinajstić information content (AvgIpc) is 2.65. The maximum atomic E-state index is 5.63. The number of rotatable bonds is 6. The van der Waals surface area contributed by atoms with Crippen molar-refractivity contribution in [2.75, 3.05) is 26.8 Å². The van der Waals surface area contributed by atoms with E-state index >= 15 is 0 Å². The van der Waals surface area contributed by atoms with Crippen LogP contribution in [0.4, 0.5) is 0 Å². The highest BCUT2D eigenvalue weighted by Gasteiger charge is 2.25. The molecule has 1 N–H and O–H groups in total. The van der Waals surface area contributed by atoms with E-state index < -0.39 is 0 Å². The van der Waals surface area contributed by atoms with Gasteiger partial charge in [-0.3, -0.25) is 0 Å². The Hall–Kier alpha value is -0.120. The zero-order valence-electron chi connectivity index (χ0n) is 9.58. The van der Waals surface area contributed by atoms with Gasteiger partial charge in [0.1, 0.15) is 0 Å². The second-order valence-corrected chi connectivity index (χ2v) is 4.07. The summed E-state index contributed by atoms with van der Waals surface area (Å²) < 4.78 is 10.8. The van der Waals surface area contributed by atoms with E-state index in [1.54, 1.807) is 7.11 Å². The van der Waals surface area contributed by atoms with Crippen molar-refractivity contribution >= 4 is 0 Å². The Kier molecular flexibility index (Phi) is 5.45. The number of hydrogen-bond acceptors (Lipinski definition) is 3. The molecule has 3 nitrogen and oxygen atoms in total. The summed E-state index contributed by atoms with van der Waals surface area (Å²) in [5.74, 6) is 0.698. The molecule has 0 saturated carbocycles. The van der Waals surface area contributed by atoms with Gasteiger partial charge in [-0.05, 0) is 25.7 Å². The lowest BCUT2D eigenvalue weighted by molar-refractivity contribution is 0.0837. The zero-order valence-corrected chi connectivity index (χ0v) is 9.58. The van der Waals surface area contributed by atoms with Gasteiger partial charge in [0.2, 0.25) is 0 Å². The summed E-state index contributed by atoms with van der Waals surface area (Å²) in [5.41, 5.74) is 0. The molecule has 0 amide bonds. The van der Waals surface area contributed by atoms with Crippen LogP contribution in [-0.2, 0) is 9.47 Å². The second-order valence-electron chi connectivity index (χ2n) is 4.07. The molecule has 0 aromatic heterocycles. The lowest BCUT2D eigenvalue weighted by Gasteiger charge is -2.18. The Morgan fingerprint density at radius 2 is 2.36 bits per heavy atom. The highest BCUT2D eigenvalue weighted by Crippen LogP contribution is 2.22. The molecule has 1 aliphatic rings. The van der Waals surface area contributed by atoms with Crippen LogP contribution in [0.5, 0.6) is 0 Å². The van der Waals surface area contributed by atoms with Crippen molar-refractivity contribution in [1.29, 1.82) is 0 Å². The molecule has 3 unspecified atom stereocenters. The van der Waals surface area contributed by atoms with Crippen LogP contribution in [0.1, 0.15) is 26.7 Å². The lowest BCUT2D eigenvalue weighted by Crippen LogP contribution is -2.33. The van der Waals surface area contributed by atoms with Gasteiger partial charge in [0.15, 0.2) is 0 Å². The van der Waals surface area contributed by atoms with Gasteiger partial charge in [0, 0.05) is 26.8 Å². The van der Waals surface area contributed by atoms with Crippen LogP contribution in [0.25, 0.3) is 0 Å². The van der Waals surface area contributed by atoms with E-state index in [1.807, 2.05) is 0 Å². The lowest BCUT2D eigenvalue weighted by atomic mass is 10.00. The van der Waals surface area contributed by atoms with E-state index in [4.69, 9.17) is 9.47 Å². The predicted octanol–water partition coefficient (Wildman–Crippen LogP) is 1.43. The molecule has 3 heteroatoms. The van der Waals surface area contributed by atoms with Gasteiger partial charge in [-0.1, -0.05) is 6.92 Å². The van der Waals surface area contributed by atoms with Crippen LogP contribution in [0, 0.1) is 5.92 Å². The summed E-state index contributed by atoms with van der Waals surface area (Å²) in [6.45, 7) is 7.20. The van der Waals surface area contributed by atoms with Crippen LogP contribution in [0.3, 0.4) is 0 Å². The number of methoxy groups -OCH3 is 1. The van der Waals surface area contributed by atoms with E-state index in [1.165, 1.54) is 6.42 Å². The molecule has 0 aromatic carbocycles. The fourth-order valence-electron chi connectivity index (χ4n) is 1.93. The highest BCUT2D eigenvalue weighted by atomic mass is 16.5. The molecule has 0 spiro atoms. The van der Waals surface area contributed by atoms with E-state index in [2.05, 4.69) is 19.2 Å². The third kappa shape index (κ3) is 3.56. The Balaban J connectivity index is 2.11. The molecule has 0 bridgehead atoms. The summed E-state index contributed by atoms with van der Waals surface area (Å²) in [7, 11) is 1.75. The molecule has 1 rings (SSSR count). The summed E-state index contributed by atoms with van der Waals surface area (Å²) in [4.78, 5) is 0. The number of ether oxygens (including phenoxy) is 2. The van der Waals surface area contributed by atoms with Crippen molar-refractivity contribution in [3.05, 3.63) is 0 Å². The summed E-state index contributed by atoms with van der Waals surface area (Å²) >= 11 is 0. The minimum absolute atomic E-state index is 0.303. The van der Waals surface area contributed by atoms with Crippen molar-refractivity contribution in [3.63, 3.8) is 0 Å². The molecule has 14 heavy (non-hydrogen) atoms. The average molecular weight is 201 g/mol. The Labute approximate surface area is 87.2 Å². The number of nitrogens with one attached hydrogen (secondary N) is 1. The van der Waals surface area contributed by atoms with Crippen molar-refractivity contribution in [3.8, 4) is 0 Å². The summed E-state index contributed by atoms with van der Waals surface area (Å²) in [6, 6.07) is 0. The molecular formula is C11H23NO2.